The van der Waals surface area contributed by atoms with Crippen molar-refractivity contribution in [1.29, 1.82) is 0 Å². The number of allylic oxidation sites excluding steroid dienone is 6. The van der Waals surface area contributed by atoms with E-state index < -0.39 is 24.3 Å². The van der Waals surface area contributed by atoms with E-state index in [9.17, 15) is 19.5 Å². The fourth-order valence-corrected chi connectivity index (χ4v) is 10.4. The number of carboxylic acid groups (broad SMARTS) is 1. The molecule has 0 heterocycles. The third-order valence-electron chi connectivity index (χ3n) is 15.7. The van der Waals surface area contributed by atoms with Crippen LogP contribution in [-0.2, 0) is 33.3 Å². The predicted molar refractivity (Wildman–Crippen MR) is 341 cm³/mol. The normalized spacial score (nSPS) is 12.9. The Morgan fingerprint density at radius 2 is 0.713 bits per heavy atom. The Kier molecular flexibility index (Phi) is 60.6. The van der Waals surface area contributed by atoms with Gasteiger partial charge in [-0.25, -0.2) is 4.79 Å². The quantitative estimate of drug-likeness (QED) is 0.0211. The molecule has 9 heteroatoms. The molecular weight excluding hydrogens is 995 g/mol. The third kappa shape index (κ3) is 63.1. The first-order valence-electron chi connectivity index (χ1n) is 34.7. The second kappa shape index (κ2) is 62.6. The highest BCUT2D eigenvalue weighted by molar-refractivity contribution is 5.71. The van der Waals surface area contributed by atoms with Crippen LogP contribution in [0.25, 0.3) is 0 Å². The summed E-state index contributed by atoms with van der Waals surface area (Å²) in [5, 5.41) is 9.72. The maximum Gasteiger partial charge on any atom is 0.361 e. The number of carbonyl (C=O) groups is 3. The first-order valence-corrected chi connectivity index (χ1v) is 34.7. The molecule has 0 aromatic rings. The molecular formula is C71H134NO8+. The van der Waals surface area contributed by atoms with E-state index in [-0.39, 0.29) is 32.2 Å². The van der Waals surface area contributed by atoms with Crippen molar-refractivity contribution in [3.63, 3.8) is 0 Å². The average Bonchev–Trinajstić information content (AvgIpc) is 3.43. The molecule has 0 aromatic heterocycles. The van der Waals surface area contributed by atoms with E-state index in [4.69, 9.17) is 18.9 Å². The highest BCUT2D eigenvalue weighted by Gasteiger charge is 2.25. The molecule has 1 N–H and O–H groups in total. The summed E-state index contributed by atoms with van der Waals surface area (Å²) >= 11 is 0. The highest BCUT2D eigenvalue weighted by atomic mass is 16.7. The van der Waals surface area contributed by atoms with Gasteiger partial charge in [0, 0.05) is 12.8 Å². The Morgan fingerprint density at radius 1 is 0.388 bits per heavy atom. The number of carbonyl (C=O) groups excluding carboxylic acids is 2. The van der Waals surface area contributed by atoms with Crippen LogP contribution in [0.3, 0.4) is 0 Å². The van der Waals surface area contributed by atoms with Crippen LogP contribution in [0.2, 0.25) is 0 Å². The first kappa shape index (κ1) is 77.5. The zero-order valence-electron chi connectivity index (χ0n) is 53.8. The van der Waals surface area contributed by atoms with Gasteiger partial charge in [0.2, 0.25) is 0 Å². The van der Waals surface area contributed by atoms with Gasteiger partial charge in [-0.1, -0.05) is 320 Å². The van der Waals surface area contributed by atoms with Gasteiger partial charge in [0.05, 0.1) is 34.4 Å². The van der Waals surface area contributed by atoms with Crippen LogP contribution in [0.4, 0.5) is 0 Å². The second-order valence-corrected chi connectivity index (χ2v) is 24.8. The van der Waals surface area contributed by atoms with E-state index in [1.54, 1.807) is 0 Å². The SMILES string of the molecule is CC/C=C\C/C=C\C/C=C\CCCCCCCCCC(=O)OC(COC(=O)CCCCCCCCCCCCCCCCCCCCCCCCCCCCCCCCCCCCCCCC)COC(OCC[N+](C)(C)C)C(=O)O. The van der Waals surface area contributed by atoms with Crippen molar-refractivity contribution in [3.8, 4) is 0 Å². The average molecular weight is 1130 g/mol. The molecule has 0 aliphatic heterocycles. The Bertz CT molecular complexity index is 1410. The molecule has 0 rings (SSSR count). The summed E-state index contributed by atoms with van der Waals surface area (Å²) < 4.78 is 22.9. The molecule has 0 aliphatic rings. The largest absolute Gasteiger partial charge is 0.477 e. The number of nitrogens with zero attached hydrogens (tertiary/aromatic N) is 1. The maximum atomic E-state index is 12.9. The number of esters is 2. The van der Waals surface area contributed by atoms with Crippen molar-refractivity contribution in [2.75, 3.05) is 47.5 Å². The van der Waals surface area contributed by atoms with Gasteiger partial charge in [-0.05, 0) is 44.9 Å². The van der Waals surface area contributed by atoms with E-state index in [1.807, 2.05) is 21.1 Å². The fraction of sp³-hybridized carbons (Fsp3) is 0.873. The lowest BCUT2D eigenvalue weighted by molar-refractivity contribution is -0.870. The molecule has 0 spiro atoms. The van der Waals surface area contributed by atoms with E-state index >= 15 is 0 Å². The second-order valence-electron chi connectivity index (χ2n) is 24.8. The van der Waals surface area contributed by atoms with Crippen molar-refractivity contribution in [1.82, 2.24) is 0 Å². The van der Waals surface area contributed by atoms with Crippen molar-refractivity contribution >= 4 is 17.9 Å². The van der Waals surface area contributed by atoms with Gasteiger partial charge < -0.3 is 28.5 Å². The lowest BCUT2D eigenvalue weighted by Gasteiger charge is -2.25. The summed E-state index contributed by atoms with van der Waals surface area (Å²) in [6.45, 7) is 4.81. The predicted octanol–water partition coefficient (Wildman–Crippen LogP) is 21.2. The Morgan fingerprint density at radius 3 is 1.06 bits per heavy atom. The van der Waals surface area contributed by atoms with E-state index in [0.29, 0.717) is 23.9 Å². The number of carboxylic acids is 1. The minimum absolute atomic E-state index is 0.182. The Balaban J connectivity index is 3.93. The van der Waals surface area contributed by atoms with E-state index in [0.717, 1.165) is 64.2 Å². The maximum absolute atomic E-state index is 12.9. The van der Waals surface area contributed by atoms with Crippen LogP contribution in [0.5, 0.6) is 0 Å². The highest BCUT2D eigenvalue weighted by Crippen LogP contribution is 2.19. The first-order chi connectivity index (χ1) is 39.1. The van der Waals surface area contributed by atoms with Gasteiger partial charge in [0.1, 0.15) is 13.2 Å². The van der Waals surface area contributed by atoms with Crippen molar-refractivity contribution < 1.29 is 42.9 Å². The lowest BCUT2D eigenvalue weighted by atomic mass is 10.0. The van der Waals surface area contributed by atoms with Crippen LogP contribution in [0.1, 0.15) is 341 Å². The summed E-state index contributed by atoms with van der Waals surface area (Å²) in [6, 6.07) is 0. The number of likely N-dealkylation sites (N-methyl/N-ethyl adjacent to an activating group) is 1. The molecule has 0 amide bonds. The van der Waals surface area contributed by atoms with Crippen LogP contribution >= 0.6 is 0 Å². The zero-order chi connectivity index (χ0) is 58.3. The molecule has 9 nitrogen and oxygen atoms in total. The summed E-state index contributed by atoms with van der Waals surface area (Å²) in [5.74, 6) is -2.00. The molecule has 0 aromatic carbocycles. The summed E-state index contributed by atoms with van der Waals surface area (Å²) in [5.41, 5.74) is 0. The van der Waals surface area contributed by atoms with E-state index in [1.165, 1.54) is 244 Å². The fourth-order valence-electron chi connectivity index (χ4n) is 10.4. The van der Waals surface area contributed by atoms with Gasteiger partial charge in [-0.3, -0.25) is 9.59 Å². The Labute approximate surface area is 496 Å². The molecule has 0 saturated carbocycles. The Hall–Kier alpha value is -2.49. The van der Waals surface area contributed by atoms with Crippen LogP contribution in [0, 0.1) is 0 Å². The van der Waals surface area contributed by atoms with Crippen molar-refractivity contribution in [2.24, 2.45) is 0 Å². The molecule has 0 saturated heterocycles. The minimum Gasteiger partial charge on any atom is -0.477 e. The lowest BCUT2D eigenvalue weighted by Crippen LogP contribution is -2.40. The number of unbranched alkanes of at least 4 members (excludes halogenated alkanes) is 44. The number of hydrogen-bond acceptors (Lipinski definition) is 7. The van der Waals surface area contributed by atoms with E-state index in [2.05, 4.69) is 50.3 Å². The van der Waals surface area contributed by atoms with Crippen molar-refractivity contribution in [3.05, 3.63) is 36.5 Å². The standard InChI is InChI=1S/C71H133NO8/c1-6-8-10-12-14-16-18-20-22-24-25-26-27-28-29-30-31-32-33-34-35-36-37-38-39-40-41-42-43-44-46-47-49-51-53-55-57-59-61-68(73)78-65-67(66-79-71(70(75)76)77-64-63-72(3,4)5)80-69(74)62-60-58-56-54-52-50-48-45-23-21-19-17-15-13-11-9-7-2/h9,11,15,17,21,23,67,71H,6-8,10,12-14,16,18-20,22,24-66H2,1-5H3/p+1/b11-9-,17-15-,23-21-. The molecule has 0 fully saturated rings. The summed E-state index contributed by atoms with van der Waals surface area (Å²) in [6.07, 6.45) is 75.7. The smallest absolute Gasteiger partial charge is 0.361 e. The monoisotopic (exact) mass is 1130 g/mol. The zero-order valence-corrected chi connectivity index (χ0v) is 53.8. The van der Waals surface area contributed by atoms with Crippen LogP contribution < -0.4 is 0 Å². The molecule has 2 unspecified atom stereocenters. The van der Waals surface area contributed by atoms with Gasteiger partial charge in [-0.2, -0.15) is 0 Å². The molecule has 0 aliphatic carbocycles. The topological polar surface area (TPSA) is 108 Å². The number of hydrogen-bond donors (Lipinski definition) is 1. The van der Waals surface area contributed by atoms with Crippen LogP contribution in [0.15, 0.2) is 36.5 Å². The molecule has 0 radical (unpaired) electrons. The summed E-state index contributed by atoms with van der Waals surface area (Å²) in [4.78, 5) is 37.5. The number of quaternary nitrogens is 1. The summed E-state index contributed by atoms with van der Waals surface area (Å²) in [7, 11) is 5.98. The molecule has 2 atom stereocenters. The van der Waals surface area contributed by atoms with Gasteiger partial charge in [0.15, 0.2) is 6.10 Å². The molecule has 470 valence electrons. The molecule has 80 heavy (non-hydrogen) atoms. The molecule has 0 bridgehead atoms. The third-order valence-corrected chi connectivity index (χ3v) is 15.7. The number of aliphatic carboxylic acids is 1. The van der Waals surface area contributed by atoms with Gasteiger partial charge >= 0.3 is 17.9 Å². The number of ether oxygens (including phenoxy) is 4. The number of rotatable bonds is 65. The van der Waals surface area contributed by atoms with Gasteiger partial charge in [-0.15, -0.1) is 0 Å². The van der Waals surface area contributed by atoms with Crippen molar-refractivity contribution in [2.45, 2.75) is 354 Å². The minimum atomic E-state index is -1.51. The van der Waals surface area contributed by atoms with Crippen LogP contribution in [-0.4, -0.2) is 87.4 Å². The van der Waals surface area contributed by atoms with Gasteiger partial charge in [0.25, 0.3) is 6.29 Å².